The van der Waals surface area contributed by atoms with Gasteiger partial charge in [-0.3, -0.25) is 0 Å². The molecule has 1 aromatic rings. The van der Waals surface area contributed by atoms with Gasteiger partial charge in [-0.1, -0.05) is 0 Å². The predicted molar refractivity (Wildman–Crippen MR) is 84.5 cm³/mol. The molecule has 0 aromatic heterocycles. The number of hydrogen-bond acceptors (Lipinski definition) is 4. The molecule has 0 saturated heterocycles. The van der Waals surface area contributed by atoms with Crippen LogP contribution in [0.5, 0.6) is 17.2 Å². The first-order valence-corrected chi connectivity index (χ1v) is 7.05. The lowest BCUT2D eigenvalue weighted by atomic mass is 10.3. The predicted octanol–water partition coefficient (Wildman–Crippen LogP) is 1.74. The van der Waals surface area contributed by atoms with Crippen molar-refractivity contribution in [2.75, 3.05) is 40.5 Å². The van der Waals surface area contributed by atoms with Gasteiger partial charge in [-0.15, -0.1) is 0 Å². The summed E-state index contributed by atoms with van der Waals surface area (Å²) in [5, 5.41) is 0. The van der Waals surface area contributed by atoms with Crippen LogP contribution in [0.2, 0.25) is 0 Å². The van der Waals surface area contributed by atoms with Crippen molar-refractivity contribution >= 4 is 5.96 Å². The highest BCUT2D eigenvalue weighted by Gasteiger charge is 2.04. The first-order valence-electron chi connectivity index (χ1n) is 7.05. The summed E-state index contributed by atoms with van der Waals surface area (Å²) in [6.07, 6.45) is 0. The van der Waals surface area contributed by atoms with E-state index in [0.717, 1.165) is 13.1 Å². The highest BCUT2D eigenvalue weighted by molar-refractivity contribution is 5.77. The van der Waals surface area contributed by atoms with E-state index >= 15 is 0 Å². The molecule has 0 spiro atoms. The minimum Gasteiger partial charge on any atom is -0.496 e. The number of ether oxygens (including phenoxy) is 3. The lowest BCUT2D eigenvalue weighted by Crippen LogP contribution is -2.37. The molecule has 0 heterocycles. The molecule has 0 radical (unpaired) electrons. The molecule has 0 bridgehead atoms. The molecule has 1 rings (SSSR count). The first-order chi connectivity index (χ1) is 10.1. The summed E-state index contributed by atoms with van der Waals surface area (Å²) < 4.78 is 16.0. The monoisotopic (exact) mass is 295 g/mol. The molecule has 0 atom stereocenters. The zero-order valence-corrected chi connectivity index (χ0v) is 13.3. The number of methoxy groups -OCH3 is 2. The highest BCUT2D eigenvalue weighted by Crippen LogP contribution is 2.27. The molecule has 0 saturated carbocycles. The average molecular weight is 295 g/mol. The second-order valence-electron chi connectivity index (χ2n) is 4.31. The molecule has 0 amide bonds. The highest BCUT2D eigenvalue weighted by atomic mass is 16.5. The lowest BCUT2D eigenvalue weighted by Gasteiger charge is -2.19. The van der Waals surface area contributed by atoms with E-state index in [1.54, 1.807) is 32.4 Å². The van der Waals surface area contributed by atoms with Crippen molar-refractivity contribution in [1.82, 2.24) is 4.90 Å². The Hall–Kier alpha value is -2.11. The van der Waals surface area contributed by atoms with Crippen LogP contribution in [0.3, 0.4) is 0 Å². The molecule has 1 aromatic carbocycles. The summed E-state index contributed by atoms with van der Waals surface area (Å²) in [6.45, 7) is 6.73. The third kappa shape index (κ3) is 5.41. The Labute approximate surface area is 126 Å². The van der Waals surface area contributed by atoms with Gasteiger partial charge in [-0.25, -0.2) is 4.99 Å². The van der Waals surface area contributed by atoms with Gasteiger partial charge >= 0.3 is 0 Å². The largest absolute Gasteiger partial charge is 0.496 e. The normalized spacial score (nSPS) is 11.1. The van der Waals surface area contributed by atoms with Crippen LogP contribution in [0.4, 0.5) is 0 Å². The Balaban J connectivity index is 2.54. The first kappa shape index (κ1) is 16.9. The quantitative estimate of drug-likeness (QED) is 0.449. The maximum atomic E-state index is 5.89. The summed E-state index contributed by atoms with van der Waals surface area (Å²) in [6, 6.07) is 5.41. The number of hydrogen-bond donors (Lipinski definition) is 1. The van der Waals surface area contributed by atoms with E-state index in [4.69, 9.17) is 19.9 Å². The summed E-state index contributed by atoms with van der Waals surface area (Å²) in [4.78, 5) is 6.29. The van der Waals surface area contributed by atoms with Crippen molar-refractivity contribution in [3.8, 4) is 17.2 Å². The van der Waals surface area contributed by atoms with Crippen molar-refractivity contribution in [3.63, 3.8) is 0 Å². The second-order valence-corrected chi connectivity index (χ2v) is 4.31. The summed E-state index contributed by atoms with van der Waals surface area (Å²) in [5.74, 6) is 2.61. The fraction of sp³-hybridized carbons (Fsp3) is 0.533. The van der Waals surface area contributed by atoms with E-state index in [0.29, 0.717) is 36.4 Å². The number of benzene rings is 1. The van der Waals surface area contributed by atoms with Crippen LogP contribution in [0.1, 0.15) is 13.8 Å². The maximum absolute atomic E-state index is 5.89. The van der Waals surface area contributed by atoms with E-state index in [2.05, 4.69) is 4.99 Å². The van der Waals surface area contributed by atoms with E-state index < -0.39 is 0 Å². The zero-order chi connectivity index (χ0) is 15.7. The van der Waals surface area contributed by atoms with Crippen LogP contribution in [0.15, 0.2) is 23.2 Å². The molecule has 0 fully saturated rings. The van der Waals surface area contributed by atoms with Crippen molar-refractivity contribution in [2.24, 2.45) is 10.7 Å². The molecule has 0 aliphatic heterocycles. The molecule has 21 heavy (non-hydrogen) atoms. The summed E-state index contributed by atoms with van der Waals surface area (Å²) >= 11 is 0. The molecular weight excluding hydrogens is 270 g/mol. The van der Waals surface area contributed by atoms with Crippen molar-refractivity contribution in [2.45, 2.75) is 13.8 Å². The van der Waals surface area contributed by atoms with Gasteiger partial charge in [0.15, 0.2) is 5.96 Å². The van der Waals surface area contributed by atoms with Crippen LogP contribution in [0, 0.1) is 0 Å². The summed E-state index contributed by atoms with van der Waals surface area (Å²) in [7, 11) is 3.21. The molecule has 0 aliphatic carbocycles. The van der Waals surface area contributed by atoms with E-state index in [1.807, 2.05) is 18.7 Å². The zero-order valence-electron chi connectivity index (χ0n) is 13.3. The number of aliphatic imine (C=N–C) groups is 1. The minimum atomic E-state index is 0.443. The van der Waals surface area contributed by atoms with Crippen molar-refractivity contribution < 1.29 is 14.2 Å². The summed E-state index contributed by atoms with van der Waals surface area (Å²) in [5.41, 5.74) is 5.89. The van der Waals surface area contributed by atoms with E-state index in [9.17, 15) is 0 Å². The van der Waals surface area contributed by atoms with Crippen molar-refractivity contribution in [3.05, 3.63) is 18.2 Å². The van der Waals surface area contributed by atoms with Crippen LogP contribution >= 0.6 is 0 Å². The fourth-order valence-electron chi connectivity index (χ4n) is 1.84. The second kappa shape index (κ2) is 8.94. The molecule has 6 nitrogen and oxygen atoms in total. The van der Waals surface area contributed by atoms with Crippen LogP contribution in [0.25, 0.3) is 0 Å². The van der Waals surface area contributed by atoms with E-state index in [1.165, 1.54) is 0 Å². The Morgan fingerprint density at radius 2 is 1.57 bits per heavy atom. The van der Waals surface area contributed by atoms with Gasteiger partial charge in [0.25, 0.3) is 0 Å². The molecule has 2 N–H and O–H groups in total. The van der Waals surface area contributed by atoms with Gasteiger partial charge in [0.2, 0.25) is 0 Å². The van der Waals surface area contributed by atoms with E-state index in [-0.39, 0.29) is 0 Å². The van der Waals surface area contributed by atoms with Gasteiger partial charge in [0, 0.05) is 31.3 Å². The Bertz CT molecular complexity index is 437. The fourth-order valence-corrected chi connectivity index (χ4v) is 1.84. The topological polar surface area (TPSA) is 69.3 Å². The number of nitrogens with zero attached hydrogens (tertiary/aromatic N) is 2. The van der Waals surface area contributed by atoms with Gasteiger partial charge in [-0.2, -0.15) is 0 Å². The van der Waals surface area contributed by atoms with Crippen LogP contribution < -0.4 is 19.9 Å². The number of guanidine groups is 1. The third-order valence-corrected chi connectivity index (χ3v) is 3.05. The standard InChI is InChI=1S/C15H25N3O3/c1-5-18(6-2)15(16)17-7-8-21-14-10-12(19-3)9-13(11-14)20-4/h9-11H,5-8H2,1-4H3,(H2,16,17). The number of rotatable bonds is 8. The lowest BCUT2D eigenvalue weighted by molar-refractivity contribution is 0.320. The molecule has 118 valence electrons. The van der Waals surface area contributed by atoms with Gasteiger partial charge in [-0.05, 0) is 13.8 Å². The SMILES string of the molecule is CCN(CC)C(N)=NCCOc1cc(OC)cc(OC)c1. The Kier molecular flexibility index (Phi) is 7.21. The minimum absolute atomic E-state index is 0.443. The molecule has 6 heteroatoms. The van der Waals surface area contributed by atoms with Crippen LogP contribution in [-0.4, -0.2) is 51.3 Å². The Morgan fingerprint density at radius 1 is 1.05 bits per heavy atom. The van der Waals surface area contributed by atoms with Gasteiger partial charge in [0.05, 0.1) is 20.8 Å². The molecule has 0 aliphatic rings. The third-order valence-electron chi connectivity index (χ3n) is 3.05. The molecule has 0 unspecified atom stereocenters. The van der Waals surface area contributed by atoms with Crippen molar-refractivity contribution in [1.29, 1.82) is 0 Å². The number of nitrogens with two attached hydrogens (primary N) is 1. The molecular formula is C15H25N3O3. The smallest absolute Gasteiger partial charge is 0.191 e. The van der Waals surface area contributed by atoms with Gasteiger partial charge < -0.3 is 24.8 Å². The maximum Gasteiger partial charge on any atom is 0.191 e. The van der Waals surface area contributed by atoms with Crippen LogP contribution in [-0.2, 0) is 0 Å². The average Bonchev–Trinajstić information content (AvgIpc) is 2.52. The Morgan fingerprint density at radius 3 is 2.05 bits per heavy atom. The van der Waals surface area contributed by atoms with Gasteiger partial charge in [0.1, 0.15) is 23.9 Å².